The highest BCUT2D eigenvalue weighted by atomic mass is 16.5. The molecule has 54 radical (unpaired) electrons. The van der Waals surface area contributed by atoms with E-state index in [9.17, 15) is 9.59 Å². The van der Waals surface area contributed by atoms with Crippen LogP contribution in [0, 0.1) is 5.41 Å². The fraction of sp³-hybridized carbons (Fsp3) is 0.500. The summed E-state index contributed by atoms with van der Waals surface area (Å²) in [6.07, 6.45) is -10.7. The molecule has 10 N–H and O–H groups in total. The predicted octanol–water partition coefficient (Wildman–Crippen LogP) is -18.8. The Hall–Kier alpha value is 0.627. The number of carbonyl (C=O) groups is 2. The van der Waals surface area contributed by atoms with Gasteiger partial charge in [-0.2, -0.15) is 0 Å². The van der Waals surface area contributed by atoms with Gasteiger partial charge in [-0.25, -0.2) is 5.48 Å². The first kappa shape index (κ1) is 81.6. The third-order valence-corrected chi connectivity index (χ3v) is 6.98. The molecule has 0 bridgehead atoms. The van der Waals surface area contributed by atoms with Crippen molar-refractivity contribution in [1.29, 1.82) is 5.41 Å². The molecule has 0 aliphatic rings. The minimum absolute atomic E-state index is 0.167. The van der Waals surface area contributed by atoms with Crippen LogP contribution in [0.15, 0.2) is 5.16 Å². The first-order valence-corrected chi connectivity index (χ1v) is 18.4. The Morgan fingerprint density at radius 2 is 0.703 bits per heavy atom. The number of amides is 2. The van der Waals surface area contributed by atoms with Crippen molar-refractivity contribution >= 4 is 354 Å². The van der Waals surface area contributed by atoms with Gasteiger partial charge in [-0.05, 0) is 13.8 Å². The van der Waals surface area contributed by atoms with Gasteiger partial charge >= 0.3 is 0 Å². The number of hydrogen-bond acceptors (Lipinski definition) is 6. The first-order valence-electron chi connectivity index (χ1n) is 18.4. The Labute approximate surface area is 431 Å². The molecule has 0 heterocycles. The minimum Gasteiger partial charge on any atom is -0.409 e. The van der Waals surface area contributed by atoms with Crippen LogP contribution in [0.1, 0.15) is 27.7 Å². The lowest BCUT2D eigenvalue weighted by atomic mass is 8.50. The molecule has 0 rings (SSSR count). The molecule has 0 aromatic rings. The van der Waals surface area contributed by atoms with Crippen LogP contribution in [0.25, 0.3) is 0 Å². The molecule has 56 heteroatoms. The van der Waals surface area contributed by atoms with Crippen molar-refractivity contribution in [2.75, 3.05) is 0 Å². The summed E-state index contributed by atoms with van der Waals surface area (Å²) in [5.41, 5.74) is 15.3. The number of hydrogen-bond donors (Lipinski definition) is 7. The largest absolute Gasteiger partial charge is 0.409 e. The van der Waals surface area contributed by atoms with Crippen molar-refractivity contribution in [3.8, 4) is 0 Å². The second-order valence-corrected chi connectivity index (χ2v) is 13.5. The monoisotopic (exact) mass is 773 g/mol. The van der Waals surface area contributed by atoms with E-state index in [1.54, 1.807) is 0 Å². The van der Waals surface area contributed by atoms with Crippen LogP contribution < -0.4 is 22.7 Å². The maximum absolute atomic E-state index is 9.45. The average Bonchev–Trinajstić information content (AvgIpc) is 3.09. The quantitative estimate of drug-likeness (QED) is 0.0203. The van der Waals surface area contributed by atoms with Crippen molar-refractivity contribution in [3.05, 3.63) is 0 Å². The van der Waals surface area contributed by atoms with Crippen LogP contribution in [0.5, 0.6) is 0 Å². The van der Waals surface area contributed by atoms with Gasteiger partial charge in [-0.15, -0.1) is 0 Å². The fourth-order valence-electron chi connectivity index (χ4n) is 3.98. The maximum Gasteiger partial charge on any atom is 0.240 e. The molecule has 0 spiro atoms. The van der Waals surface area contributed by atoms with Crippen molar-refractivity contribution in [1.82, 2.24) is 5.48 Å². The van der Waals surface area contributed by atoms with E-state index in [2.05, 4.69) is 10.9 Å². The smallest absolute Gasteiger partial charge is 0.240 e. The first-order chi connectivity index (χ1) is 28.8. The molecular weight excluding hydrogens is 741 g/mol. The Bertz CT molecular complexity index is 1030. The molecule has 0 atom stereocenters. The topological polar surface area (TPSA) is 201 Å². The summed E-state index contributed by atoms with van der Waals surface area (Å²) in [5, 5.41) is 24.0. The second-order valence-electron chi connectivity index (χ2n) is 13.5. The van der Waals surface area contributed by atoms with Crippen LogP contribution in [-0.2, 0) is 9.59 Å². The number of rotatable bonds is 16. The number of nitrogens with one attached hydrogen (secondary N) is 2. The summed E-state index contributed by atoms with van der Waals surface area (Å²) in [6.45, 7) is 5.56. The molecule has 10 nitrogen and oxygen atoms in total. The standard InChI is InChI=1S/C2H6N2O.C2H6N2.C2H5NO2.C2H5NO.B13.B12.B11.B10/c1-2(3)4-5;1-2(3)4;1-2(4)3-5;1-2(3)4;1-8-12(9(2)3)13(10(4)5)11(6)7;1-8(2)11(7)12(9(3)4)10(5)6;1-7-10(6)11(8(2)3)9(4)5;1-7(2)10(8(3)4)9(5)6/h5H,1H3,(H2,3,4);1H3,(H3,3,4);5H,1H3,(H,3,4);1H3,(H2,3,4);;;;. The Kier molecular flexibility index (Phi) is 63.8. The summed E-state index contributed by atoms with van der Waals surface area (Å²) in [7, 11) is 143. The van der Waals surface area contributed by atoms with Gasteiger partial charge in [0, 0.05) is 344 Å². The van der Waals surface area contributed by atoms with Crippen LogP contribution in [0.2, 0.25) is 0 Å². The van der Waals surface area contributed by atoms with Gasteiger partial charge in [0.1, 0.15) is 5.84 Å². The van der Waals surface area contributed by atoms with Gasteiger partial charge < -0.3 is 22.4 Å². The molecule has 0 aliphatic heterocycles. The second kappa shape index (κ2) is 50.0. The van der Waals surface area contributed by atoms with Crippen LogP contribution in [0.4, 0.5) is 0 Å². The zero-order valence-electron chi connectivity index (χ0n) is 37.4. The summed E-state index contributed by atoms with van der Waals surface area (Å²) >= 11 is 0. The third kappa shape index (κ3) is 56.9. The normalized spacial score (nSPS) is 8.36. The number of carbonyl (C=O) groups excluding carboxylic acids is 2. The molecule has 2 amide bonds. The summed E-state index contributed by atoms with van der Waals surface area (Å²) < 4.78 is 0. The minimum atomic E-state index is -0.723. The number of oxime groups is 1. The van der Waals surface area contributed by atoms with Crippen molar-refractivity contribution in [2.24, 2.45) is 22.4 Å². The zero-order valence-corrected chi connectivity index (χ0v) is 37.4. The van der Waals surface area contributed by atoms with Crippen molar-refractivity contribution in [3.63, 3.8) is 0 Å². The average molecular weight is 764 g/mol. The molecule has 0 saturated heterocycles. The molecule has 0 aromatic heterocycles. The predicted molar refractivity (Wildman–Crippen MR) is 332 cm³/mol. The number of amidine groups is 2. The van der Waals surface area contributed by atoms with Gasteiger partial charge in [-0.3, -0.25) is 20.2 Å². The molecule has 246 valence electrons. The van der Waals surface area contributed by atoms with E-state index in [0.717, 1.165) is 0 Å². The summed E-state index contributed by atoms with van der Waals surface area (Å²) in [6, 6.07) is 0. The van der Waals surface area contributed by atoms with Gasteiger partial charge in [0.25, 0.3) is 0 Å². The van der Waals surface area contributed by atoms with Crippen molar-refractivity contribution < 1.29 is 20.0 Å². The lowest BCUT2D eigenvalue weighted by molar-refractivity contribution is -0.126. The van der Waals surface area contributed by atoms with E-state index in [-0.39, 0.29) is 30.3 Å². The fourth-order valence-corrected chi connectivity index (χ4v) is 3.98. The Morgan fingerprint density at radius 3 is 0.750 bits per heavy atom. The molecule has 0 aromatic carbocycles. The van der Waals surface area contributed by atoms with E-state index in [1.807, 2.05) is 0 Å². The SMILES string of the molecule is C/C(N)=N/O.CC(=N)N.CC(=O)NO.CC(N)=O.[B]B([B])B(B([B])[B])B([B])[B].[B]B([B])B([B])B(B([B])[B])B([B])[B].[B][B]B(B([B])[B])B(B([B])[B])B([B])[B].[B][B]B([B])B(B([B])[B])B([B])[B]. The van der Waals surface area contributed by atoms with E-state index >= 15 is 0 Å². The lowest BCUT2D eigenvalue weighted by Gasteiger charge is -2.31. The van der Waals surface area contributed by atoms with Crippen LogP contribution in [0.3, 0.4) is 0 Å². The van der Waals surface area contributed by atoms with Gasteiger partial charge in [-0.1, -0.05) is 5.16 Å². The lowest BCUT2D eigenvalue weighted by Crippen LogP contribution is -2.69. The highest BCUT2D eigenvalue weighted by Crippen LogP contribution is 1.94. The molecule has 0 saturated carbocycles. The highest BCUT2D eigenvalue weighted by molar-refractivity contribution is 8.08. The van der Waals surface area contributed by atoms with E-state index in [0.29, 0.717) is 0 Å². The van der Waals surface area contributed by atoms with Gasteiger partial charge in [0.05, 0.1) is 5.84 Å². The maximum atomic E-state index is 9.45. The molecule has 0 unspecified atom stereocenters. The van der Waals surface area contributed by atoms with E-state index in [1.165, 1.54) is 47.3 Å². The molecular formula is C8H22B46N6O4. The highest BCUT2D eigenvalue weighted by Gasteiger charge is 2.33. The number of nitrogens with two attached hydrogens (primary N) is 3. The van der Waals surface area contributed by atoms with Crippen molar-refractivity contribution in [2.45, 2.75) is 27.7 Å². The summed E-state index contributed by atoms with van der Waals surface area (Å²) in [4.78, 5) is 18.7. The number of hydroxylamine groups is 1. The zero-order chi connectivity index (χ0) is 53.5. The molecule has 0 aliphatic carbocycles. The van der Waals surface area contributed by atoms with Gasteiger partial charge in [0.15, 0.2) is 0 Å². The van der Waals surface area contributed by atoms with Gasteiger partial charge in [0.2, 0.25) is 11.8 Å². The summed E-state index contributed by atoms with van der Waals surface area (Å²) in [5.74, 6) is -0.421. The number of primary amides is 1. The van der Waals surface area contributed by atoms with E-state index < -0.39 is 108 Å². The molecule has 0 fully saturated rings. The molecule has 64 heavy (non-hydrogen) atoms. The Morgan fingerprint density at radius 1 is 0.484 bits per heavy atom. The van der Waals surface area contributed by atoms with Crippen LogP contribution >= 0.6 is 0 Å². The Balaban J connectivity index is -0.0000000969. The number of nitrogens with zero attached hydrogens (tertiary/aromatic N) is 1. The van der Waals surface area contributed by atoms with Crippen LogP contribution in [-0.4, -0.2) is 364 Å². The van der Waals surface area contributed by atoms with E-state index in [4.69, 9.17) is 228 Å². The third-order valence-electron chi connectivity index (χ3n) is 6.98.